The molecule has 1 aliphatic rings. The largest absolute Gasteiger partial charge is 0.335 e. The van der Waals surface area contributed by atoms with Crippen LogP contribution >= 0.6 is 11.6 Å². The molecular weight excluding hydrogens is 331 g/mol. The second kappa shape index (κ2) is 6.77. The molecule has 1 atom stereocenters. The Balaban J connectivity index is 1.85. The van der Waals surface area contributed by atoms with Crippen LogP contribution in [0.25, 0.3) is 0 Å². The second-order valence-electron chi connectivity index (χ2n) is 6.08. The summed E-state index contributed by atoms with van der Waals surface area (Å²) in [4.78, 5) is 29.1. The van der Waals surface area contributed by atoms with Crippen molar-refractivity contribution in [2.24, 2.45) is 0 Å². The highest BCUT2D eigenvalue weighted by atomic mass is 35.5. The molecule has 0 saturated carbocycles. The minimum atomic E-state index is -0.394. The maximum atomic E-state index is 14.0. The summed E-state index contributed by atoms with van der Waals surface area (Å²) < 4.78 is 14.0. The van der Waals surface area contributed by atoms with Crippen molar-refractivity contribution >= 4 is 17.5 Å². The molecule has 1 N–H and O–H groups in total. The molecule has 0 unspecified atom stereocenters. The van der Waals surface area contributed by atoms with Gasteiger partial charge in [-0.1, -0.05) is 17.7 Å². The average Bonchev–Trinajstić information content (AvgIpc) is 2.99. The van der Waals surface area contributed by atoms with E-state index in [-0.39, 0.29) is 23.3 Å². The van der Waals surface area contributed by atoms with Gasteiger partial charge in [0.2, 0.25) is 0 Å². The van der Waals surface area contributed by atoms with Crippen LogP contribution in [0.15, 0.2) is 35.1 Å². The van der Waals surface area contributed by atoms with E-state index in [1.54, 1.807) is 36.1 Å². The summed E-state index contributed by atoms with van der Waals surface area (Å²) in [6.07, 6.45) is 1.94. The van der Waals surface area contributed by atoms with E-state index in [0.29, 0.717) is 29.2 Å². The molecule has 24 heavy (non-hydrogen) atoms. The average molecular weight is 349 g/mol. The number of hydrogen-bond donors (Lipinski definition) is 1. The topological polar surface area (TPSA) is 53.2 Å². The maximum Gasteiger partial charge on any atom is 0.260 e. The molecule has 0 spiro atoms. The molecule has 0 radical (unpaired) electrons. The molecule has 1 aliphatic heterocycles. The summed E-state index contributed by atoms with van der Waals surface area (Å²) in [7, 11) is 0. The third kappa shape index (κ3) is 3.22. The Hall–Kier alpha value is -2.14. The SMILES string of the molecule is Cc1ccc(C(=O)N2CCC[C@@H]2Cc2c(F)cccc2Cl)c(=O)[nH]1. The van der Waals surface area contributed by atoms with Crippen LogP contribution in [0.2, 0.25) is 5.02 Å². The fraction of sp³-hybridized carbons (Fsp3) is 0.333. The van der Waals surface area contributed by atoms with Gasteiger partial charge in [-0.15, -0.1) is 0 Å². The lowest BCUT2D eigenvalue weighted by atomic mass is 10.0. The van der Waals surface area contributed by atoms with Gasteiger partial charge in [-0.2, -0.15) is 0 Å². The first-order valence-corrected chi connectivity index (χ1v) is 8.29. The molecule has 2 aromatic rings. The molecule has 1 aromatic heterocycles. The Morgan fingerprint density at radius 3 is 2.88 bits per heavy atom. The van der Waals surface area contributed by atoms with E-state index < -0.39 is 5.56 Å². The van der Waals surface area contributed by atoms with E-state index in [2.05, 4.69) is 4.98 Å². The minimum Gasteiger partial charge on any atom is -0.335 e. The molecular formula is C18H18ClFN2O2. The lowest BCUT2D eigenvalue weighted by molar-refractivity contribution is 0.0734. The molecule has 1 fully saturated rings. The highest BCUT2D eigenvalue weighted by molar-refractivity contribution is 6.31. The van der Waals surface area contributed by atoms with Crippen molar-refractivity contribution in [3.05, 3.63) is 68.3 Å². The summed E-state index contributed by atoms with van der Waals surface area (Å²) in [6, 6.07) is 7.66. The molecule has 6 heteroatoms. The first kappa shape index (κ1) is 16.7. The van der Waals surface area contributed by atoms with Crippen LogP contribution in [0.5, 0.6) is 0 Å². The molecule has 2 heterocycles. The number of nitrogens with one attached hydrogen (secondary N) is 1. The zero-order chi connectivity index (χ0) is 17.3. The molecule has 0 aliphatic carbocycles. The third-order valence-electron chi connectivity index (χ3n) is 4.43. The van der Waals surface area contributed by atoms with E-state index in [4.69, 9.17) is 11.6 Å². The molecule has 1 saturated heterocycles. The van der Waals surface area contributed by atoms with E-state index in [0.717, 1.165) is 12.8 Å². The number of aryl methyl sites for hydroxylation is 1. The standard InChI is InChI=1S/C18H18ClFN2O2/c1-11-7-8-13(17(23)21-11)18(24)22-9-3-4-12(22)10-14-15(19)5-2-6-16(14)20/h2,5-8,12H,3-4,9-10H2,1H3,(H,21,23)/t12-/m1/s1. The number of carbonyl (C=O) groups is 1. The number of rotatable bonds is 3. The van der Waals surface area contributed by atoms with Crippen molar-refractivity contribution in [1.29, 1.82) is 0 Å². The van der Waals surface area contributed by atoms with Crippen LogP contribution in [-0.2, 0) is 6.42 Å². The Labute approximate surface area is 144 Å². The smallest absolute Gasteiger partial charge is 0.260 e. The van der Waals surface area contributed by atoms with Gasteiger partial charge in [-0.05, 0) is 50.5 Å². The van der Waals surface area contributed by atoms with Gasteiger partial charge >= 0.3 is 0 Å². The number of halogens is 2. The quantitative estimate of drug-likeness (QED) is 0.925. The van der Waals surface area contributed by atoms with Gasteiger partial charge in [0.05, 0.1) is 0 Å². The van der Waals surface area contributed by atoms with Gasteiger partial charge in [0.1, 0.15) is 11.4 Å². The lowest BCUT2D eigenvalue weighted by Gasteiger charge is -2.25. The summed E-state index contributed by atoms with van der Waals surface area (Å²) in [5.41, 5.74) is 0.844. The monoisotopic (exact) mass is 348 g/mol. The molecule has 3 rings (SSSR count). The van der Waals surface area contributed by atoms with E-state index in [1.165, 1.54) is 6.07 Å². The molecule has 126 valence electrons. The summed E-state index contributed by atoms with van der Waals surface area (Å²) in [6.45, 7) is 2.32. The zero-order valence-electron chi connectivity index (χ0n) is 13.3. The van der Waals surface area contributed by atoms with Crippen molar-refractivity contribution in [2.75, 3.05) is 6.54 Å². The first-order valence-electron chi connectivity index (χ1n) is 7.91. The van der Waals surface area contributed by atoms with Crippen LogP contribution in [-0.4, -0.2) is 28.4 Å². The van der Waals surface area contributed by atoms with Crippen molar-refractivity contribution in [3.63, 3.8) is 0 Å². The van der Waals surface area contributed by atoms with Crippen LogP contribution in [0, 0.1) is 12.7 Å². The van der Waals surface area contributed by atoms with Crippen molar-refractivity contribution in [2.45, 2.75) is 32.2 Å². The molecule has 0 bridgehead atoms. The van der Waals surface area contributed by atoms with Crippen molar-refractivity contribution in [3.8, 4) is 0 Å². The number of carbonyl (C=O) groups excluding carboxylic acids is 1. The third-order valence-corrected chi connectivity index (χ3v) is 4.78. The van der Waals surface area contributed by atoms with E-state index >= 15 is 0 Å². The minimum absolute atomic E-state index is 0.118. The number of pyridine rings is 1. The fourth-order valence-electron chi connectivity index (χ4n) is 3.17. The predicted octanol–water partition coefficient (Wildman–Crippen LogP) is 3.32. The number of aromatic amines is 1. The lowest BCUT2D eigenvalue weighted by Crippen LogP contribution is -2.39. The van der Waals surface area contributed by atoms with Gasteiger partial charge < -0.3 is 9.88 Å². The Bertz CT molecular complexity index is 814. The number of H-pyrrole nitrogens is 1. The van der Waals surface area contributed by atoms with Gasteiger partial charge in [-0.3, -0.25) is 9.59 Å². The van der Waals surface area contributed by atoms with Gasteiger partial charge in [0.15, 0.2) is 0 Å². The highest BCUT2D eigenvalue weighted by Crippen LogP contribution is 2.27. The molecule has 1 amide bonds. The Morgan fingerprint density at radius 2 is 2.17 bits per heavy atom. The predicted molar refractivity (Wildman–Crippen MR) is 91.0 cm³/mol. The maximum absolute atomic E-state index is 14.0. The molecule has 1 aromatic carbocycles. The van der Waals surface area contributed by atoms with Gasteiger partial charge in [0, 0.05) is 28.9 Å². The normalized spacial score (nSPS) is 17.3. The zero-order valence-corrected chi connectivity index (χ0v) is 14.1. The van der Waals surface area contributed by atoms with Crippen LogP contribution in [0.3, 0.4) is 0 Å². The van der Waals surface area contributed by atoms with Crippen LogP contribution in [0.4, 0.5) is 4.39 Å². The van der Waals surface area contributed by atoms with E-state index in [9.17, 15) is 14.0 Å². The van der Waals surface area contributed by atoms with Crippen LogP contribution < -0.4 is 5.56 Å². The van der Waals surface area contributed by atoms with Gasteiger partial charge in [0.25, 0.3) is 11.5 Å². The number of nitrogens with zero attached hydrogens (tertiary/aromatic N) is 1. The summed E-state index contributed by atoms with van der Waals surface area (Å²) >= 11 is 6.10. The Morgan fingerprint density at radius 1 is 1.38 bits per heavy atom. The number of benzene rings is 1. The van der Waals surface area contributed by atoms with E-state index in [1.807, 2.05) is 0 Å². The second-order valence-corrected chi connectivity index (χ2v) is 6.49. The number of amides is 1. The summed E-state index contributed by atoms with van der Waals surface area (Å²) in [5, 5.41) is 0.363. The Kier molecular flexibility index (Phi) is 4.71. The number of likely N-dealkylation sites (tertiary alicyclic amines) is 1. The van der Waals surface area contributed by atoms with Crippen molar-refractivity contribution < 1.29 is 9.18 Å². The summed E-state index contributed by atoms with van der Waals surface area (Å²) in [5.74, 6) is -0.679. The fourth-order valence-corrected chi connectivity index (χ4v) is 3.41. The van der Waals surface area contributed by atoms with Crippen molar-refractivity contribution in [1.82, 2.24) is 9.88 Å². The number of hydrogen-bond acceptors (Lipinski definition) is 2. The van der Waals surface area contributed by atoms with Gasteiger partial charge in [-0.25, -0.2) is 4.39 Å². The first-order chi connectivity index (χ1) is 11.5. The van der Waals surface area contributed by atoms with Crippen LogP contribution in [0.1, 0.15) is 34.5 Å². The highest BCUT2D eigenvalue weighted by Gasteiger charge is 2.31. The number of aromatic nitrogens is 1. The molecule has 4 nitrogen and oxygen atoms in total.